The van der Waals surface area contributed by atoms with Gasteiger partial charge in [-0.25, -0.2) is 0 Å². The summed E-state index contributed by atoms with van der Waals surface area (Å²) in [6.07, 6.45) is 3.21. The summed E-state index contributed by atoms with van der Waals surface area (Å²) in [6.45, 7) is 2.91. The Morgan fingerprint density at radius 3 is 2.47 bits per heavy atom. The van der Waals surface area contributed by atoms with Crippen molar-refractivity contribution in [2.45, 2.75) is 19.3 Å². The highest BCUT2D eigenvalue weighted by atomic mass is 35.5. The zero-order valence-electron chi connectivity index (χ0n) is 10.3. The molecule has 1 aromatic carbocycles. The van der Waals surface area contributed by atoms with E-state index in [9.17, 15) is 0 Å². The van der Waals surface area contributed by atoms with E-state index in [2.05, 4.69) is 11.9 Å². The van der Waals surface area contributed by atoms with Gasteiger partial charge in [0.05, 0.1) is 10.0 Å². The summed E-state index contributed by atoms with van der Waals surface area (Å²) < 4.78 is 0. The standard InChI is InChI=1S/C13H20Cl2N2/c1-17(9-3-7-16)8-2-4-11-5-6-12(14)13(15)10-11/h5-6,10H,2-4,7-9,16H2,1H3. The van der Waals surface area contributed by atoms with Gasteiger partial charge in [0.2, 0.25) is 0 Å². The molecule has 0 aliphatic rings. The summed E-state index contributed by atoms with van der Waals surface area (Å²) >= 11 is 11.8. The molecular formula is C13H20Cl2N2. The van der Waals surface area contributed by atoms with E-state index in [0.717, 1.165) is 38.9 Å². The van der Waals surface area contributed by atoms with Crippen molar-refractivity contribution in [1.82, 2.24) is 4.90 Å². The Morgan fingerprint density at radius 1 is 1.12 bits per heavy atom. The number of aryl methyl sites for hydroxylation is 1. The van der Waals surface area contributed by atoms with Crippen LogP contribution in [0.3, 0.4) is 0 Å². The van der Waals surface area contributed by atoms with Crippen LogP contribution in [-0.2, 0) is 6.42 Å². The van der Waals surface area contributed by atoms with Crippen molar-refractivity contribution in [3.8, 4) is 0 Å². The van der Waals surface area contributed by atoms with Gasteiger partial charge in [-0.1, -0.05) is 29.3 Å². The zero-order chi connectivity index (χ0) is 12.7. The molecular weight excluding hydrogens is 255 g/mol. The van der Waals surface area contributed by atoms with Gasteiger partial charge in [-0.3, -0.25) is 0 Å². The van der Waals surface area contributed by atoms with Crippen LogP contribution in [0.2, 0.25) is 10.0 Å². The summed E-state index contributed by atoms with van der Waals surface area (Å²) in [5.41, 5.74) is 6.72. The molecule has 2 N–H and O–H groups in total. The molecule has 17 heavy (non-hydrogen) atoms. The van der Waals surface area contributed by atoms with E-state index in [4.69, 9.17) is 28.9 Å². The van der Waals surface area contributed by atoms with Gasteiger partial charge in [0.25, 0.3) is 0 Å². The fourth-order valence-electron chi connectivity index (χ4n) is 1.72. The highest BCUT2D eigenvalue weighted by Gasteiger charge is 2.01. The first kappa shape index (κ1) is 14.8. The molecule has 0 saturated heterocycles. The first-order valence-corrected chi connectivity index (χ1v) is 6.71. The molecule has 0 bridgehead atoms. The molecule has 4 heteroatoms. The molecule has 0 fully saturated rings. The second-order valence-corrected chi connectivity index (χ2v) is 5.11. The van der Waals surface area contributed by atoms with Crippen LogP contribution in [0.4, 0.5) is 0 Å². The lowest BCUT2D eigenvalue weighted by Crippen LogP contribution is -2.23. The van der Waals surface area contributed by atoms with Crippen molar-refractivity contribution in [3.05, 3.63) is 33.8 Å². The van der Waals surface area contributed by atoms with E-state index in [0.29, 0.717) is 10.0 Å². The van der Waals surface area contributed by atoms with E-state index in [1.807, 2.05) is 18.2 Å². The Hall–Kier alpha value is -0.280. The maximum absolute atomic E-state index is 5.97. The summed E-state index contributed by atoms with van der Waals surface area (Å²) in [4.78, 5) is 2.31. The van der Waals surface area contributed by atoms with Gasteiger partial charge in [0, 0.05) is 0 Å². The van der Waals surface area contributed by atoms with Gasteiger partial charge in [-0.2, -0.15) is 0 Å². The third-order valence-electron chi connectivity index (χ3n) is 2.73. The number of benzene rings is 1. The van der Waals surface area contributed by atoms with Gasteiger partial charge in [0.1, 0.15) is 0 Å². The minimum Gasteiger partial charge on any atom is -0.330 e. The van der Waals surface area contributed by atoms with Gasteiger partial charge in [0.15, 0.2) is 0 Å². The number of hydrogen-bond acceptors (Lipinski definition) is 2. The molecule has 0 heterocycles. The fourth-order valence-corrected chi connectivity index (χ4v) is 2.04. The summed E-state index contributed by atoms with van der Waals surface area (Å²) in [5, 5.41) is 1.26. The van der Waals surface area contributed by atoms with E-state index in [1.165, 1.54) is 5.56 Å². The highest BCUT2D eigenvalue weighted by molar-refractivity contribution is 6.42. The SMILES string of the molecule is CN(CCCN)CCCc1ccc(Cl)c(Cl)c1. The second-order valence-electron chi connectivity index (χ2n) is 4.30. The van der Waals surface area contributed by atoms with Crippen molar-refractivity contribution in [1.29, 1.82) is 0 Å². The first-order valence-electron chi connectivity index (χ1n) is 5.96. The third kappa shape index (κ3) is 5.73. The third-order valence-corrected chi connectivity index (χ3v) is 3.47. The fraction of sp³-hybridized carbons (Fsp3) is 0.538. The Morgan fingerprint density at radius 2 is 1.82 bits per heavy atom. The largest absolute Gasteiger partial charge is 0.330 e. The summed E-state index contributed by atoms with van der Waals surface area (Å²) in [5.74, 6) is 0. The smallest absolute Gasteiger partial charge is 0.0595 e. The molecule has 0 aliphatic heterocycles. The minimum absolute atomic E-state index is 0.621. The van der Waals surface area contributed by atoms with Crippen molar-refractivity contribution >= 4 is 23.2 Å². The quantitative estimate of drug-likeness (QED) is 0.828. The summed E-state index contributed by atoms with van der Waals surface area (Å²) in [7, 11) is 2.13. The minimum atomic E-state index is 0.621. The molecule has 0 unspecified atom stereocenters. The zero-order valence-corrected chi connectivity index (χ0v) is 11.8. The summed E-state index contributed by atoms with van der Waals surface area (Å²) in [6, 6.07) is 5.84. The number of halogens is 2. The molecule has 0 aromatic heterocycles. The lowest BCUT2D eigenvalue weighted by atomic mass is 10.1. The number of nitrogens with zero attached hydrogens (tertiary/aromatic N) is 1. The second kappa shape index (κ2) is 7.93. The van der Waals surface area contributed by atoms with Gasteiger partial charge >= 0.3 is 0 Å². The van der Waals surface area contributed by atoms with Crippen LogP contribution in [0.1, 0.15) is 18.4 Å². The van der Waals surface area contributed by atoms with Crippen LogP contribution in [-0.4, -0.2) is 31.6 Å². The van der Waals surface area contributed by atoms with E-state index in [1.54, 1.807) is 0 Å². The molecule has 0 amide bonds. The maximum atomic E-state index is 5.97. The molecule has 1 rings (SSSR count). The predicted octanol–water partition coefficient (Wildman–Crippen LogP) is 3.21. The van der Waals surface area contributed by atoms with Gasteiger partial charge in [-0.15, -0.1) is 0 Å². The van der Waals surface area contributed by atoms with Crippen LogP contribution in [0, 0.1) is 0 Å². The molecule has 1 aromatic rings. The molecule has 0 aliphatic carbocycles. The van der Waals surface area contributed by atoms with Crippen molar-refractivity contribution in [3.63, 3.8) is 0 Å². The van der Waals surface area contributed by atoms with Crippen LogP contribution >= 0.6 is 23.2 Å². The van der Waals surface area contributed by atoms with Gasteiger partial charge < -0.3 is 10.6 Å². The maximum Gasteiger partial charge on any atom is 0.0595 e. The Balaban J connectivity index is 2.28. The van der Waals surface area contributed by atoms with Crippen LogP contribution < -0.4 is 5.73 Å². The number of rotatable bonds is 7. The molecule has 96 valence electrons. The van der Waals surface area contributed by atoms with Crippen LogP contribution in [0.5, 0.6) is 0 Å². The Bertz CT molecular complexity index is 342. The van der Waals surface area contributed by atoms with Crippen LogP contribution in [0.25, 0.3) is 0 Å². The topological polar surface area (TPSA) is 29.3 Å². The van der Waals surface area contributed by atoms with Crippen molar-refractivity contribution in [2.75, 3.05) is 26.7 Å². The van der Waals surface area contributed by atoms with E-state index in [-0.39, 0.29) is 0 Å². The Labute approximate surface area is 114 Å². The first-order chi connectivity index (χ1) is 8.13. The Kier molecular flexibility index (Phi) is 6.90. The van der Waals surface area contributed by atoms with Crippen LogP contribution in [0.15, 0.2) is 18.2 Å². The molecule has 0 spiro atoms. The number of nitrogens with two attached hydrogens (primary N) is 1. The monoisotopic (exact) mass is 274 g/mol. The van der Waals surface area contributed by atoms with Gasteiger partial charge in [-0.05, 0) is 63.6 Å². The van der Waals surface area contributed by atoms with E-state index < -0.39 is 0 Å². The molecule has 0 radical (unpaired) electrons. The molecule has 0 saturated carbocycles. The lowest BCUT2D eigenvalue weighted by Gasteiger charge is -2.15. The average molecular weight is 275 g/mol. The number of hydrogen-bond donors (Lipinski definition) is 1. The van der Waals surface area contributed by atoms with Crippen molar-refractivity contribution in [2.24, 2.45) is 5.73 Å². The predicted molar refractivity (Wildman–Crippen MR) is 76.0 cm³/mol. The highest BCUT2D eigenvalue weighted by Crippen LogP contribution is 2.23. The molecule has 0 atom stereocenters. The van der Waals surface area contributed by atoms with Crippen molar-refractivity contribution < 1.29 is 0 Å². The molecule has 2 nitrogen and oxygen atoms in total. The lowest BCUT2D eigenvalue weighted by molar-refractivity contribution is 0.327. The van der Waals surface area contributed by atoms with E-state index >= 15 is 0 Å². The normalized spacial score (nSPS) is 11.1. The average Bonchev–Trinajstić information content (AvgIpc) is 2.31.